The van der Waals surface area contributed by atoms with E-state index in [1.807, 2.05) is 7.05 Å². The summed E-state index contributed by atoms with van der Waals surface area (Å²) < 4.78 is 7.24. The minimum atomic E-state index is -0.347. The number of halogens is 1. The Hall–Kier alpha value is -1.36. The Bertz CT molecular complexity index is 533. The summed E-state index contributed by atoms with van der Waals surface area (Å²) in [5.74, 6) is -0.347. The number of hydrogen-bond acceptors (Lipinski definition) is 3. The molecule has 2 aromatic rings. The minimum Gasteiger partial charge on any atom is -0.465 e. The van der Waals surface area contributed by atoms with Crippen molar-refractivity contribution >= 4 is 32.8 Å². The highest BCUT2D eigenvalue weighted by Crippen LogP contribution is 2.25. The molecule has 0 N–H and O–H groups in total. The maximum absolute atomic E-state index is 11.5. The highest BCUT2D eigenvalue weighted by Gasteiger charge is 2.14. The monoisotopic (exact) mass is 268 g/mol. The lowest BCUT2D eigenvalue weighted by molar-refractivity contribution is 0.0603. The average Bonchev–Trinajstić information content (AvgIpc) is 2.60. The molecule has 0 saturated heterocycles. The number of aromatic nitrogens is 2. The Morgan fingerprint density at radius 2 is 2.27 bits per heavy atom. The van der Waals surface area contributed by atoms with E-state index in [-0.39, 0.29) is 5.97 Å². The van der Waals surface area contributed by atoms with Gasteiger partial charge in [-0.1, -0.05) is 0 Å². The van der Waals surface area contributed by atoms with Crippen LogP contribution in [-0.4, -0.2) is 22.9 Å². The van der Waals surface area contributed by atoms with Gasteiger partial charge in [-0.2, -0.15) is 5.10 Å². The fraction of sp³-hybridized carbons (Fsp3) is 0.200. The maximum atomic E-state index is 11.5. The van der Waals surface area contributed by atoms with Gasteiger partial charge in [0, 0.05) is 23.1 Å². The summed E-state index contributed by atoms with van der Waals surface area (Å²) in [5, 5.41) is 5.04. The topological polar surface area (TPSA) is 44.1 Å². The fourth-order valence-corrected chi connectivity index (χ4v) is 1.90. The van der Waals surface area contributed by atoms with E-state index in [2.05, 4.69) is 21.0 Å². The number of methoxy groups -OCH3 is 1. The summed E-state index contributed by atoms with van der Waals surface area (Å²) in [5.41, 5.74) is 1.30. The van der Waals surface area contributed by atoms with E-state index in [1.54, 1.807) is 23.0 Å². The maximum Gasteiger partial charge on any atom is 0.338 e. The second-order valence-electron chi connectivity index (χ2n) is 3.15. The van der Waals surface area contributed by atoms with Crippen molar-refractivity contribution in [2.45, 2.75) is 0 Å². The summed E-state index contributed by atoms with van der Waals surface area (Å²) in [6.07, 6.45) is 1.80. The normalized spacial score (nSPS) is 10.6. The van der Waals surface area contributed by atoms with Crippen molar-refractivity contribution in [3.63, 3.8) is 0 Å². The van der Waals surface area contributed by atoms with Crippen LogP contribution in [0.4, 0.5) is 0 Å². The molecule has 0 radical (unpaired) electrons. The van der Waals surface area contributed by atoms with Gasteiger partial charge in [-0.15, -0.1) is 0 Å². The molecule has 0 aliphatic rings. The first-order valence-electron chi connectivity index (χ1n) is 4.33. The molecule has 1 aromatic heterocycles. The Morgan fingerprint density at radius 1 is 1.53 bits per heavy atom. The molecule has 78 valence electrons. The van der Waals surface area contributed by atoms with E-state index < -0.39 is 0 Å². The number of rotatable bonds is 1. The van der Waals surface area contributed by atoms with Crippen molar-refractivity contribution in [1.82, 2.24) is 9.78 Å². The SMILES string of the molecule is COC(=O)c1ccc(Br)c2nn(C)cc12. The molecule has 0 aliphatic carbocycles. The molecule has 0 spiro atoms. The van der Waals surface area contributed by atoms with Crippen LogP contribution in [0.25, 0.3) is 10.9 Å². The van der Waals surface area contributed by atoms with Crippen molar-refractivity contribution in [3.05, 3.63) is 28.4 Å². The zero-order chi connectivity index (χ0) is 11.0. The van der Waals surface area contributed by atoms with Crippen molar-refractivity contribution in [2.24, 2.45) is 7.05 Å². The van der Waals surface area contributed by atoms with Crippen LogP contribution >= 0.6 is 15.9 Å². The van der Waals surface area contributed by atoms with Gasteiger partial charge >= 0.3 is 5.97 Å². The number of fused-ring (bicyclic) bond motifs is 1. The summed E-state index contributed by atoms with van der Waals surface area (Å²) in [6, 6.07) is 3.52. The third-order valence-corrected chi connectivity index (χ3v) is 2.79. The standard InChI is InChI=1S/C10H9BrN2O2/c1-13-5-7-6(10(14)15-2)3-4-8(11)9(7)12-13/h3-5H,1-2H3. The molecule has 0 amide bonds. The van der Waals surface area contributed by atoms with Crippen LogP contribution in [0.15, 0.2) is 22.8 Å². The van der Waals surface area contributed by atoms with Gasteiger partial charge in [0.1, 0.15) is 5.52 Å². The number of ether oxygens (including phenoxy) is 1. The van der Waals surface area contributed by atoms with Crippen molar-refractivity contribution in [2.75, 3.05) is 7.11 Å². The molecule has 5 heteroatoms. The first-order chi connectivity index (χ1) is 7.13. The van der Waals surface area contributed by atoms with Gasteiger partial charge in [0.15, 0.2) is 0 Å². The molecule has 1 aromatic carbocycles. The summed E-state index contributed by atoms with van der Waals surface area (Å²) in [6.45, 7) is 0. The quantitative estimate of drug-likeness (QED) is 0.745. The molecular formula is C10H9BrN2O2. The Labute approximate surface area is 95.0 Å². The smallest absolute Gasteiger partial charge is 0.338 e. The lowest BCUT2D eigenvalue weighted by atomic mass is 10.1. The van der Waals surface area contributed by atoms with Crippen molar-refractivity contribution in [3.8, 4) is 0 Å². The molecule has 0 bridgehead atoms. The molecule has 2 rings (SSSR count). The Balaban J connectivity index is 2.76. The zero-order valence-electron chi connectivity index (χ0n) is 8.32. The lowest BCUT2D eigenvalue weighted by Gasteiger charge is -2.00. The molecular weight excluding hydrogens is 260 g/mol. The molecule has 0 atom stereocenters. The second-order valence-corrected chi connectivity index (χ2v) is 4.01. The van der Waals surface area contributed by atoms with E-state index in [0.29, 0.717) is 5.56 Å². The van der Waals surface area contributed by atoms with Crippen LogP contribution in [0.5, 0.6) is 0 Å². The highest BCUT2D eigenvalue weighted by atomic mass is 79.9. The minimum absolute atomic E-state index is 0.347. The van der Waals surface area contributed by atoms with E-state index in [4.69, 9.17) is 4.74 Å². The van der Waals surface area contributed by atoms with Crippen LogP contribution in [0.3, 0.4) is 0 Å². The van der Waals surface area contributed by atoms with Gasteiger partial charge in [0.05, 0.1) is 12.7 Å². The number of carbonyl (C=O) groups excluding carboxylic acids is 1. The van der Waals surface area contributed by atoms with Gasteiger partial charge in [0.25, 0.3) is 0 Å². The van der Waals surface area contributed by atoms with Gasteiger partial charge < -0.3 is 4.74 Å². The van der Waals surface area contributed by atoms with E-state index >= 15 is 0 Å². The summed E-state index contributed by atoms with van der Waals surface area (Å²) in [7, 11) is 3.18. The van der Waals surface area contributed by atoms with Crippen LogP contribution < -0.4 is 0 Å². The van der Waals surface area contributed by atoms with E-state index in [0.717, 1.165) is 15.4 Å². The largest absolute Gasteiger partial charge is 0.465 e. The van der Waals surface area contributed by atoms with Gasteiger partial charge in [-0.05, 0) is 28.1 Å². The first kappa shape index (κ1) is 10.2. The zero-order valence-corrected chi connectivity index (χ0v) is 9.91. The molecule has 0 unspecified atom stereocenters. The fourth-order valence-electron chi connectivity index (χ4n) is 1.48. The van der Waals surface area contributed by atoms with Crippen LogP contribution in [0.1, 0.15) is 10.4 Å². The molecule has 0 fully saturated rings. The highest BCUT2D eigenvalue weighted by molar-refractivity contribution is 9.10. The van der Waals surface area contributed by atoms with Crippen LogP contribution in [-0.2, 0) is 11.8 Å². The van der Waals surface area contributed by atoms with Crippen molar-refractivity contribution < 1.29 is 9.53 Å². The molecule has 1 heterocycles. The van der Waals surface area contributed by atoms with Crippen molar-refractivity contribution in [1.29, 1.82) is 0 Å². The first-order valence-corrected chi connectivity index (χ1v) is 5.13. The number of benzene rings is 1. The predicted molar refractivity (Wildman–Crippen MR) is 59.8 cm³/mol. The number of hydrogen-bond donors (Lipinski definition) is 0. The summed E-state index contributed by atoms with van der Waals surface area (Å²) in [4.78, 5) is 11.5. The number of carbonyl (C=O) groups is 1. The molecule has 4 nitrogen and oxygen atoms in total. The molecule has 0 saturated carbocycles. The number of nitrogens with zero attached hydrogens (tertiary/aromatic N) is 2. The van der Waals surface area contributed by atoms with Crippen LogP contribution in [0.2, 0.25) is 0 Å². The van der Waals surface area contributed by atoms with Gasteiger partial charge in [-0.25, -0.2) is 4.79 Å². The van der Waals surface area contributed by atoms with E-state index in [9.17, 15) is 4.79 Å². The third kappa shape index (κ3) is 1.63. The third-order valence-electron chi connectivity index (χ3n) is 2.15. The predicted octanol–water partition coefficient (Wildman–Crippen LogP) is 2.12. The van der Waals surface area contributed by atoms with E-state index in [1.165, 1.54) is 7.11 Å². The van der Waals surface area contributed by atoms with Gasteiger partial charge in [-0.3, -0.25) is 4.68 Å². The average molecular weight is 269 g/mol. The van der Waals surface area contributed by atoms with Crippen LogP contribution in [0, 0.1) is 0 Å². The lowest BCUT2D eigenvalue weighted by Crippen LogP contribution is -2.01. The van der Waals surface area contributed by atoms with Gasteiger partial charge in [0.2, 0.25) is 0 Å². The Morgan fingerprint density at radius 3 is 2.93 bits per heavy atom. The second kappa shape index (κ2) is 3.66. The Kier molecular flexibility index (Phi) is 2.48. The number of esters is 1. The number of aryl methyl sites for hydroxylation is 1. The summed E-state index contributed by atoms with van der Waals surface area (Å²) >= 11 is 3.39. The molecule has 0 aliphatic heterocycles. The molecule has 15 heavy (non-hydrogen) atoms.